The summed E-state index contributed by atoms with van der Waals surface area (Å²) in [5.74, 6) is 0.922. The van der Waals surface area contributed by atoms with Gasteiger partial charge in [0, 0.05) is 21.5 Å². The van der Waals surface area contributed by atoms with Crippen LogP contribution in [0.2, 0.25) is 0 Å². The Bertz CT molecular complexity index is 2100. The number of para-hydroxylation sites is 2. The van der Waals surface area contributed by atoms with Crippen LogP contribution in [0.5, 0.6) is 0 Å². The molecule has 0 radical (unpaired) electrons. The van der Waals surface area contributed by atoms with Crippen molar-refractivity contribution in [2.45, 2.75) is 52.4 Å². The van der Waals surface area contributed by atoms with Crippen LogP contribution in [0.25, 0.3) is 55.2 Å². The van der Waals surface area contributed by atoms with Gasteiger partial charge in [0.2, 0.25) is 0 Å². The van der Waals surface area contributed by atoms with Gasteiger partial charge in [-0.1, -0.05) is 90.1 Å². The first-order valence-corrected chi connectivity index (χ1v) is 15.1. The summed E-state index contributed by atoms with van der Waals surface area (Å²) in [6.45, 7) is 13.4. The standard InChI is InChI=1S/C39H37N3O2/c1-38(2,3)25-16-18-33-29(22-25)27-12-8-10-14-31(27)41(33)35-20-24(37(43)44-7)21-36(40-35)42-32-15-11-9-13-28(32)30-23-26(39(4,5)6)17-19-34(30)42/h8-23H,1-7H3. The molecule has 0 N–H and O–H groups in total. The summed E-state index contributed by atoms with van der Waals surface area (Å²) in [4.78, 5) is 18.4. The molecule has 4 aromatic carbocycles. The summed E-state index contributed by atoms with van der Waals surface area (Å²) in [6, 6.07) is 33.8. The van der Waals surface area contributed by atoms with Gasteiger partial charge in [-0.15, -0.1) is 0 Å². The predicted molar refractivity (Wildman–Crippen MR) is 182 cm³/mol. The summed E-state index contributed by atoms with van der Waals surface area (Å²) in [7, 11) is 1.42. The molecular weight excluding hydrogens is 542 g/mol. The quantitative estimate of drug-likeness (QED) is 0.196. The van der Waals surface area contributed by atoms with Crippen molar-refractivity contribution in [3.63, 3.8) is 0 Å². The van der Waals surface area contributed by atoms with Crippen molar-refractivity contribution in [1.82, 2.24) is 14.1 Å². The molecule has 0 saturated heterocycles. The monoisotopic (exact) mass is 579 g/mol. The van der Waals surface area contributed by atoms with Crippen molar-refractivity contribution >= 4 is 49.6 Å². The van der Waals surface area contributed by atoms with Gasteiger partial charge in [-0.2, -0.15) is 0 Å². The smallest absolute Gasteiger partial charge is 0.338 e. The second-order valence-corrected chi connectivity index (χ2v) is 13.7. The van der Waals surface area contributed by atoms with Crippen molar-refractivity contribution in [3.8, 4) is 11.6 Å². The van der Waals surface area contributed by atoms with E-state index in [0.717, 1.165) is 43.6 Å². The number of esters is 1. The van der Waals surface area contributed by atoms with Crippen LogP contribution < -0.4 is 0 Å². The topological polar surface area (TPSA) is 49.1 Å². The van der Waals surface area contributed by atoms with Crippen LogP contribution in [-0.2, 0) is 15.6 Å². The molecule has 0 unspecified atom stereocenters. The highest BCUT2D eigenvalue weighted by Gasteiger charge is 2.22. The summed E-state index contributed by atoms with van der Waals surface area (Å²) in [5.41, 5.74) is 7.15. The number of fused-ring (bicyclic) bond motifs is 6. The fourth-order valence-corrected chi connectivity index (χ4v) is 6.34. The van der Waals surface area contributed by atoms with Gasteiger partial charge in [0.05, 0.1) is 34.7 Å². The Kier molecular flexibility index (Phi) is 6.22. The van der Waals surface area contributed by atoms with Crippen LogP contribution in [0.1, 0.15) is 63.0 Å². The number of methoxy groups -OCH3 is 1. The van der Waals surface area contributed by atoms with E-state index >= 15 is 0 Å². The number of rotatable bonds is 3. The highest BCUT2D eigenvalue weighted by Crippen LogP contribution is 2.37. The minimum atomic E-state index is -0.401. The van der Waals surface area contributed by atoms with Crippen molar-refractivity contribution in [2.75, 3.05) is 7.11 Å². The van der Waals surface area contributed by atoms with Crippen molar-refractivity contribution in [2.24, 2.45) is 0 Å². The van der Waals surface area contributed by atoms with Gasteiger partial charge >= 0.3 is 5.97 Å². The molecule has 3 heterocycles. The molecule has 7 rings (SSSR count). The zero-order valence-corrected chi connectivity index (χ0v) is 26.4. The van der Waals surface area contributed by atoms with E-state index in [1.807, 2.05) is 24.3 Å². The Morgan fingerprint density at radius 3 is 1.39 bits per heavy atom. The number of nitrogens with zero attached hydrogens (tertiary/aromatic N) is 3. The Morgan fingerprint density at radius 1 is 0.568 bits per heavy atom. The van der Waals surface area contributed by atoms with Crippen LogP contribution in [0.15, 0.2) is 97.1 Å². The van der Waals surface area contributed by atoms with Gasteiger partial charge in [0.15, 0.2) is 0 Å². The van der Waals surface area contributed by atoms with Crippen LogP contribution in [0.3, 0.4) is 0 Å². The summed E-state index contributed by atoms with van der Waals surface area (Å²) >= 11 is 0. The largest absolute Gasteiger partial charge is 0.465 e. The molecule has 0 atom stereocenters. The molecule has 0 spiro atoms. The fourth-order valence-electron chi connectivity index (χ4n) is 6.34. The number of pyridine rings is 1. The second-order valence-electron chi connectivity index (χ2n) is 13.7. The van der Waals surface area contributed by atoms with Gasteiger partial charge in [-0.25, -0.2) is 9.78 Å². The third kappa shape index (κ3) is 4.38. The summed E-state index contributed by atoms with van der Waals surface area (Å²) < 4.78 is 9.58. The van der Waals surface area contributed by atoms with Crippen molar-refractivity contribution in [1.29, 1.82) is 0 Å². The lowest BCUT2D eigenvalue weighted by Crippen LogP contribution is -2.11. The van der Waals surface area contributed by atoms with Crippen LogP contribution >= 0.6 is 0 Å². The lowest BCUT2D eigenvalue weighted by atomic mass is 9.86. The van der Waals surface area contributed by atoms with Gasteiger partial charge in [-0.3, -0.25) is 9.13 Å². The van der Waals surface area contributed by atoms with Crippen LogP contribution in [0.4, 0.5) is 0 Å². The van der Waals surface area contributed by atoms with Crippen molar-refractivity contribution < 1.29 is 9.53 Å². The first kappa shape index (κ1) is 27.9. The third-order valence-corrected chi connectivity index (χ3v) is 8.75. The first-order valence-electron chi connectivity index (χ1n) is 15.1. The zero-order chi connectivity index (χ0) is 31.0. The minimum absolute atomic E-state index is 0.0109. The maximum Gasteiger partial charge on any atom is 0.338 e. The van der Waals surface area contributed by atoms with E-state index in [1.54, 1.807) is 0 Å². The zero-order valence-electron chi connectivity index (χ0n) is 26.4. The molecule has 0 aliphatic rings. The Morgan fingerprint density at radius 2 is 0.977 bits per heavy atom. The number of carbonyl (C=O) groups excluding carboxylic acids is 1. The SMILES string of the molecule is COC(=O)c1cc(-n2c3ccccc3c3cc(C(C)(C)C)ccc32)nc(-n2c3ccccc3c3cc(C(C)(C)C)ccc32)c1. The Hall–Kier alpha value is -4.90. The average Bonchev–Trinajstić information content (AvgIpc) is 3.52. The minimum Gasteiger partial charge on any atom is -0.465 e. The molecule has 5 heteroatoms. The molecule has 0 bridgehead atoms. The number of benzene rings is 4. The number of aromatic nitrogens is 3. The normalized spacial score (nSPS) is 12.5. The summed E-state index contributed by atoms with van der Waals surface area (Å²) in [5, 5.41) is 4.61. The van der Waals surface area contributed by atoms with Gasteiger partial charge < -0.3 is 4.74 Å². The fraction of sp³-hybridized carbons (Fsp3) is 0.231. The third-order valence-electron chi connectivity index (χ3n) is 8.75. The maximum absolute atomic E-state index is 13.2. The van der Waals surface area contributed by atoms with E-state index in [9.17, 15) is 4.79 Å². The van der Waals surface area contributed by atoms with Crippen molar-refractivity contribution in [3.05, 3.63) is 114 Å². The van der Waals surface area contributed by atoms with E-state index in [-0.39, 0.29) is 10.8 Å². The highest BCUT2D eigenvalue weighted by molar-refractivity contribution is 6.11. The molecule has 7 aromatic rings. The number of hydrogen-bond acceptors (Lipinski definition) is 3. The first-order chi connectivity index (χ1) is 21.0. The van der Waals surface area contributed by atoms with E-state index in [1.165, 1.54) is 18.2 Å². The van der Waals surface area contributed by atoms with Gasteiger partial charge in [-0.05, 0) is 70.5 Å². The number of carbonyl (C=O) groups is 1. The second kappa shape index (κ2) is 9.81. The highest BCUT2D eigenvalue weighted by atomic mass is 16.5. The lowest BCUT2D eigenvalue weighted by molar-refractivity contribution is 0.0600. The lowest BCUT2D eigenvalue weighted by Gasteiger charge is -2.19. The summed E-state index contributed by atoms with van der Waals surface area (Å²) in [6.07, 6.45) is 0. The number of ether oxygens (including phenoxy) is 1. The molecular formula is C39H37N3O2. The molecule has 5 nitrogen and oxygen atoms in total. The van der Waals surface area contributed by atoms with Gasteiger partial charge in [0.25, 0.3) is 0 Å². The molecule has 0 saturated carbocycles. The average molecular weight is 580 g/mol. The maximum atomic E-state index is 13.2. The predicted octanol–water partition coefficient (Wildman–Crippen LogP) is 9.66. The van der Waals surface area contributed by atoms with E-state index in [2.05, 4.69) is 123 Å². The van der Waals surface area contributed by atoms with Gasteiger partial charge in [0.1, 0.15) is 11.6 Å². The Labute approximate surface area is 257 Å². The Balaban J connectivity index is 1.56. The van der Waals surface area contributed by atoms with Crippen LogP contribution in [-0.4, -0.2) is 27.2 Å². The van der Waals surface area contributed by atoms with E-state index in [4.69, 9.17) is 9.72 Å². The molecule has 3 aromatic heterocycles. The van der Waals surface area contributed by atoms with E-state index < -0.39 is 5.97 Å². The molecule has 0 aliphatic carbocycles. The number of hydrogen-bond donors (Lipinski definition) is 0. The van der Waals surface area contributed by atoms with E-state index in [0.29, 0.717) is 17.2 Å². The molecule has 220 valence electrons. The molecule has 0 aliphatic heterocycles. The van der Waals surface area contributed by atoms with Crippen LogP contribution in [0, 0.1) is 0 Å². The molecule has 0 fully saturated rings. The molecule has 44 heavy (non-hydrogen) atoms. The molecule has 0 amide bonds.